The van der Waals surface area contributed by atoms with E-state index >= 15 is 0 Å². The summed E-state index contributed by atoms with van der Waals surface area (Å²) in [6.07, 6.45) is 73.9. The lowest BCUT2D eigenvalue weighted by molar-refractivity contribution is -0.870. The molecule has 1 amide bonds. The Balaban J connectivity index is 5.50. The van der Waals surface area contributed by atoms with E-state index in [1.807, 2.05) is 88.0 Å². The number of allylic oxidation sites excluding steroid dienone is 23. The monoisotopic (exact) mass is 1030 g/mol. The van der Waals surface area contributed by atoms with Crippen LogP contribution in [0.4, 0.5) is 0 Å². The number of esters is 1. The number of nitrogens with zero attached hydrogens (tertiary/aromatic N) is 1. The Labute approximate surface area is 447 Å². The highest BCUT2D eigenvalue weighted by Gasteiger charge is 2.27. The van der Waals surface area contributed by atoms with E-state index in [-0.39, 0.29) is 25.4 Å². The number of quaternary nitrogens is 1. The lowest BCUT2D eigenvalue weighted by atomic mass is 10.1. The van der Waals surface area contributed by atoms with E-state index < -0.39 is 32.5 Å². The van der Waals surface area contributed by atoms with Crippen molar-refractivity contribution in [3.05, 3.63) is 146 Å². The zero-order valence-corrected chi connectivity index (χ0v) is 47.7. The third-order valence-corrected chi connectivity index (χ3v) is 12.4. The molecular formula is C63H103N2O7P. The van der Waals surface area contributed by atoms with Crippen LogP contribution in [-0.2, 0) is 27.9 Å². The summed E-state index contributed by atoms with van der Waals surface area (Å²) in [5.41, 5.74) is 0. The predicted molar refractivity (Wildman–Crippen MR) is 311 cm³/mol. The van der Waals surface area contributed by atoms with Crippen LogP contribution >= 0.6 is 7.82 Å². The number of rotatable bonds is 48. The second kappa shape index (κ2) is 51.4. The molecule has 0 fully saturated rings. The van der Waals surface area contributed by atoms with Gasteiger partial charge in [-0.05, 0) is 96.0 Å². The van der Waals surface area contributed by atoms with Gasteiger partial charge in [0, 0.05) is 12.8 Å². The van der Waals surface area contributed by atoms with Crippen LogP contribution in [-0.4, -0.2) is 69.4 Å². The molecule has 0 aromatic carbocycles. The van der Waals surface area contributed by atoms with Crippen molar-refractivity contribution in [1.82, 2.24) is 5.32 Å². The van der Waals surface area contributed by atoms with Crippen LogP contribution in [0.1, 0.15) is 188 Å². The molecule has 0 aliphatic heterocycles. The number of phosphoric acid groups is 1. The highest BCUT2D eigenvalue weighted by molar-refractivity contribution is 7.45. The standard InChI is InChI=1S/C63H103N2O7P/c1-7-10-13-16-19-22-25-27-29-31-32-34-36-38-41-44-47-50-53-56-63(67)72-61(54-51-48-45-42-39-24-21-18-15-12-9-3)60(59-71-73(68,69)70-58-57-65(4,5)6)64-62(66)55-52-49-46-43-40-37-35-33-30-28-26-23-20-17-14-11-8-2/h10-11,13-14,17,19-20,22-23,26-30,32-35,37-38,40-41,51,54,60-61H,7-9,12,15-16,18,21,24-25,31,36,39,42-50,52-53,55-59H2,1-6H3,(H-,64,66,68,69)/b13-10-,14-11-,20-17+,22-19-,26-23+,29-27-,30-28-,34-32-,35-33+,40-37+,41-38-,54-51+. The van der Waals surface area contributed by atoms with Gasteiger partial charge in [-0.3, -0.25) is 14.2 Å². The summed E-state index contributed by atoms with van der Waals surface area (Å²) in [5.74, 6) is -0.647. The number of hydrogen-bond donors (Lipinski definition) is 1. The third-order valence-electron chi connectivity index (χ3n) is 11.4. The number of carbonyl (C=O) groups is 2. The number of unbranched alkanes of at least 4 members (excludes halogenated alkanes) is 15. The molecule has 412 valence electrons. The van der Waals surface area contributed by atoms with Gasteiger partial charge in [0.25, 0.3) is 7.82 Å². The molecule has 0 bridgehead atoms. The van der Waals surface area contributed by atoms with E-state index in [1.165, 1.54) is 44.9 Å². The fourth-order valence-electron chi connectivity index (χ4n) is 7.11. The summed E-state index contributed by atoms with van der Waals surface area (Å²) in [7, 11) is 1.10. The molecule has 9 nitrogen and oxygen atoms in total. The minimum absolute atomic E-state index is 0.0464. The number of carbonyl (C=O) groups excluding carboxylic acids is 2. The Morgan fingerprint density at radius 1 is 0.507 bits per heavy atom. The molecule has 0 aliphatic rings. The fourth-order valence-corrected chi connectivity index (χ4v) is 7.83. The summed E-state index contributed by atoms with van der Waals surface area (Å²) in [6.45, 7) is 6.47. The maximum atomic E-state index is 13.5. The first-order chi connectivity index (χ1) is 35.4. The smallest absolute Gasteiger partial charge is 0.306 e. The van der Waals surface area contributed by atoms with E-state index in [4.69, 9.17) is 13.8 Å². The van der Waals surface area contributed by atoms with Crippen molar-refractivity contribution in [2.75, 3.05) is 40.9 Å². The quantitative estimate of drug-likeness (QED) is 0.0161. The molecule has 0 aromatic rings. The van der Waals surface area contributed by atoms with E-state index in [0.29, 0.717) is 23.9 Å². The number of amides is 1. The lowest BCUT2D eigenvalue weighted by Gasteiger charge is -2.30. The summed E-state index contributed by atoms with van der Waals surface area (Å²) < 4.78 is 30.1. The van der Waals surface area contributed by atoms with Crippen molar-refractivity contribution in [2.24, 2.45) is 0 Å². The van der Waals surface area contributed by atoms with Crippen molar-refractivity contribution in [3.8, 4) is 0 Å². The minimum atomic E-state index is -4.73. The van der Waals surface area contributed by atoms with E-state index in [1.54, 1.807) is 6.08 Å². The van der Waals surface area contributed by atoms with Crippen LogP contribution in [0.25, 0.3) is 0 Å². The van der Waals surface area contributed by atoms with Crippen molar-refractivity contribution in [1.29, 1.82) is 0 Å². The maximum absolute atomic E-state index is 13.5. The summed E-state index contributed by atoms with van der Waals surface area (Å²) >= 11 is 0. The molecule has 3 atom stereocenters. The van der Waals surface area contributed by atoms with Gasteiger partial charge >= 0.3 is 5.97 Å². The first-order valence-electron chi connectivity index (χ1n) is 28.2. The molecule has 73 heavy (non-hydrogen) atoms. The third kappa shape index (κ3) is 52.6. The Hall–Kier alpha value is -4.11. The van der Waals surface area contributed by atoms with Crippen molar-refractivity contribution in [3.63, 3.8) is 0 Å². The molecule has 3 unspecified atom stereocenters. The Bertz CT molecular complexity index is 1760. The van der Waals surface area contributed by atoms with Crippen LogP contribution in [0.3, 0.4) is 0 Å². The van der Waals surface area contributed by atoms with Crippen LogP contribution in [0.15, 0.2) is 146 Å². The molecule has 0 aromatic heterocycles. The highest BCUT2D eigenvalue weighted by Crippen LogP contribution is 2.38. The normalized spacial score (nSPS) is 14.9. The molecule has 0 radical (unpaired) electrons. The van der Waals surface area contributed by atoms with E-state index in [9.17, 15) is 19.0 Å². The summed E-state index contributed by atoms with van der Waals surface area (Å²) in [4.78, 5) is 39.8. The fraction of sp³-hybridized carbons (Fsp3) is 0.587. The second-order valence-corrected chi connectivity index (χ2v) is 20.9. The van der Waals surface area contributed by atoms with E-state index in [0.717, 1.165) is 96.3 Å². The average molecular weight is 1030 g/mol. The summed E-state index contributed by atoms with van der Waals surface area (Å²) in [5, 5.41) is 2.98. The van der Waals surface area contributed by atoms with Gasteiger partial charge in [0.05, 0.1) is 33.8 Å². The van der Waals surface area contributed by atoms with Crippen molar-refractivity contribution < 1.29 is 37.3 Å². The van der Waals surface area contributed by atoms with Gasteiger partial charge in [-0.2, -0.15) is 0 Å². The number of likely N-dealkylation sites (N-methyl/N-ethyl adjacent to an activating group) is 1. The first kappa shape index (κ1) is 68.9. The van der Waals surface area contributed by atoms with Gasteiger partial charge in [-0.1, -0.05) is 225 Å². The molecule has 0 saturated carbocycles. The van der Waals surface area contributed by atoms with Gasteiger partial charge in [0.2, 0.25) is 5.91 Å². The molecule has 0 spiro atoms. The van der Waals surface area contributed by atoms with Crippen LogP contribution < -0.4 is 10.2 Å². The Morgan fingerprint density at radius 3 is 1.48 bits per heavy atom. The Morgan fingerprint density at radius 2 is 0.945 bits per heavy atom. The number of hydrogen-bond acceptors (Lipinski definition) is 7. The average Bonchev–Trinajstić information content (AvgIpc) is 3.35. The highest BCUT2D eigenvalue weighted by atomic mass is 31.2. The lowest BCUT2D eigenvalue weighted by Crippen LogP contribution is -2.47. The molecular weight excluding hydrogens is 928 g/mol. The maximum Gasteiger partial charge on any atom is 0.306 e. The molecule has 0 rings (SSSR count). The minimum Gasteiger partial charge on any atom is -0.756 e. The van der Waals surface area contributed by atoms with Gasteiger partial charge in [-0.15, -0.1) is 0 Å². The molecule has 0 saturated heterocycles. The van der Waals surface area contributed by atoms with Gasteiger partial charge in [0.1, 0.15) is 19.3 Å². The van der Waals surface area contributed by atoms with Crippen LogP contribution in [0.5, 0.6) is 0 Å². The number of phosphoric ester groups is 1. The summed E-state index contributed by atoms with van der Waals surface area (Å²) in [6, 6.07) is -0.936. The molecule has 10 heteroatoms. The predicted octanol–water partition coefficient (Wildman–Crippen LogP) is 16.5. The Kier molecular flexibility index (Phi) is 48.5. The largest absolute Gasteiger partial charge is 0.756 e. The molecule has 0 aliphatic carbocycles. The topological polar surface area (TPSA) is 114 Å². The van der Waals surface area contributed by atoms with Gasteiger partial charge in [-0.25, -0.2) is 0 Å². The van der Waals surface area contributed by atoms with E-state index in [2.05, 4.69) is 99.0 Å². The molecule has 1 N–H and O–H groups in total. The van der Waals surface area contributed by atoms with Crippen molar-refractivity contribution in [2.45, 2.75) is 200 Å². The second-order valence-electron chi connectivity index (χ2n) is 19.5. The molecule has 0 heterocycles. The van der Waals surface area contributed by atoms with Crippen LogP contribution in [0.2, 0.25) is 0 Å². The van der Waals surface area contributed by atoms with Crippen LogP contribution in [0, 0.1) is 0 Å². The van der Waals surface area contributed by atoms with Gasteiger partial charge in [0.15, 0.2) is 0 Å². The number of ether oxygens (including phenoxy) is 1. The zero-order valence-electron chi connectivity index (χ0n) is 46.8. The first-order valence-corrected chi connectivity index (χ1v) is 29.7. The SMILES string of the molecule is CC\C=C/C=C/C=C/C=C\C=C\C=C\CCCCCC(=O)NC(COP(=O)([O-])OCC[N+](C)(C)C)C(/C=C/CCCCCCCCCCC)OC(=O)CCCCC/C=C\C/C=C\C/C=C\C/C=C\C/C=C\CC. The van der Waals surface area contributed by atoms with Crippen molar-refractivity contribution >= 4 is 19.7 Å². The zero-order chi connectivity index (χ0) is 53.6. The number of nitrogens with one attached hydrogen (secondary N) is 1. The van der Waals surface area contributed by atoms with Gasteiger partial charge < -0.3 is 28.5 Å².